The van der Waals surface area contributed by atoms with Crippen LogP contribution in [0.5, 0.6) is 0 Å². The average Bonchev–Trinajstić information content (AvgIpc) is 2.81. The van der Waals surface area contributed by atoms with Gasteiger partial charge in [0, 0.05) is 28.7 Å². The van der Waals surface area contributed by atoms with Gasteiger partial charge >= 0.3 is 5.97 Å². The summed E-state index contributed by atoms with van der Waals surface area (Å²) >= 11 is 1.48. The number of nitrogens with zero attached hydrogens (tertiary/aromatic N) is 1. The maximum Gasteiger partial charge on any atom is 0.337 e. The zero-order valence-corrected chi connectivity index (χ0v) is 9.41. The molecule has 0 saturated carbocycles. The van der Waals surface area contributed by atoms with E-state index in [2.05, 4.69) is 0 Å². The van der Waals surface area contributed by atoms with E-state index in [1.807, 2.05) is 35.9 Å². The Morgan fingerprint density at radius 3 is 2.88 bits per heavy atom. The molecule has 3 nitrogen and oxygen atoms in total. The zero-order chi connectivity index (χ0) is 11.3. The molecule has 16 heavy (non-hydrogen) atoms. The highest BCUT2D eigenvalue weighted by atomic mass is 32.1. The number of hydrogen-bond acceptors (Lipinski definition) is 2. The number of aromatic nitrogens is 1. The number of para-hydroxylation sites is 1. The molecule has 0 saturated heterocycles. The van der Waals surface area contributed by atoms with Gasteiger partial charge in [-0.25, -0.2) is 4.79 Å². The van der Waals surface area contributed by atoms with Crippen molar-refractivity contribution in [2.75, 3.05) is 0 Å². The van der Waals surface area contributed by atoms with Gasteiger partial charge in [0.25, 0.3) is 0 Å². The molecule has 0 bridgehead atoms. The number of carboxylic acid groups (broad SMARTS) is 1. The molecule has 4 heteroatoms. The van der Waals surface area contributed by atoms with Crippen LogP contribution < -0.4 is 0 Å². The fraction of sp³-hybridized carbons (Fsp3) is 0.0833. The lowest BCUT2D eigenvalue weighted by atomic mass is 10.1. The van der Waals surface area contributed by atoms with E-state index in [0.717, 1.165) is 21.1 Å². The smallest absolute Gasteiger partial charge is 0.337 e. The van der Waals surface area contributed by atoms with Crippen molar-refractivity contribution in [2.45, 2.75) is 0 Å². The highest BCUT2D eigenvalue weighted by Crippen LogP contribution is 2.34. The first-order valence-corrected chi connectivity index (χ1v) is 5.76. The van der Waals surface area contributed by atoms with Crippen LogP contribution in [0.4, 0.5) is 0 Å². The fourth-order valence-electron chi connectivity index (χ4n) is 2.10. The molecule has 2 aromatic heterocycles. The molecule has 3 rings (SSSR count). The van der Waals surface area contributed by atoms with Crippen LogP contribution in [0.2, 0.25) is 0 Å². The maximum atomic E-state index is 11.1. The van der Waals surface area contributed by atoms with Crippen LogP contribution in [-0.4, -0.2) is 15.6 Å². The Labute approximate surface area is 95.5 Å². The normalized spacial score (nSPS) is 11.3. The summed E-state index contributed by atoms with van der Waals surface area (Å²) in [5, 5.41) is 12.7. The van der Waals surface area contributed by atoms with Crippen molar-refractivity contribution < 1.29 is 9.90 Å². The summed E-state index contributed by atoms with van der Waals surface area (Å²) in [6, 6.07) is 7.88. The first-order chi connectivity index (χ1) is 7.70. The Balaban J connectivity index is 2.60. The van der Waals surface area contributed by atoms with Crippen molar-refractivity contribution in [3.63, 3.8) is 0 Å². The highest BCUT2D eigenvalue weighted by Gasteiger charge is 2.17. The number of hydrogen-bond donors (Lipinski definition) is 1. The Hall–Kier alpha value is -1.81. The Morgan fingerprint density at radius 1 is 1.38 bits per heavy atom. The minimum Gasteiger partial charge on any atom is -0.478 e. The first kappa shape index (κ1) is 9.42. The van der Waals surface area contributed by atoms with Crippen molar-refractivity contribution in [3.8, 4) is 0 Å². The lowest BCUT2D eigenvalue weighted by Crippen LogP contribution is -1.92. The third kappa shape index (κ3) is 1.05. The highest BCUT2D eigenvalue weighted by molar-refractivity contribution is 7.17. The molecule has 0 aliphatic heterocycles. The van der Waals surface area contributed by atoms with Gasteiger partial charge in [-0.2, -0.15) is 0 Å². The topological polar surface area (TPSA) is 42.2 Å². The summed E-state index contributed by atoms with van der Waals surface area (Å²) in [4.78, 5) is 12.1. The molecule has 0 aliphatic carbocycles. The second-order valence-corrected chi connectivity index (χ2v) is 4.57. The number of rotatable bonds is 1. The number of fused-ring (bicyclic) bond motifs is 3. The van der Waals surface area contributed by atoms with Gasteiger partial charge in [-0.3, -0.25) is 0 Å². The fourth-order valence-corrected chi connectivity index (χ4v) is 3.14. The van der Waals surface area contributed by atoms with Gasteiger partial charge in [0.05, 0.1) is 5.56 Å². The number of thiophene rings is 1. The van der Waals surface area contributed by atoms with Crippen LogP contribution in [0.15, 0.2) is 29.6 Å². The molecule has 0 atom stereocenters. The van der Waals surface area contributed by atoms with Gasteiger partial charge in [0.2, 0.25) is 0 Å². The number of carboxylic acids is 1. The van der Waals surface area contributed by atoms with Gasteiger partial charge in [0.15, 0.2) is 0 Å². The van der Waals surface area contributed by atoms with Gasteiger partial charge in [-0.05, 0) is 6.07 Å². The SMILES string of the molecule is Cn1c2ccccc2c2c(C(=O)O)csc21. The van der Waals surface area contributed by atoms with E-state index in [4.69, 9.17) is 5.11 Å². The van der Waals surface area contributed by atoms with Gasteiger partial charge in [-0.15, -0.1) is 11.3 Å². The molecule has 3 aromatic rings. The van der Waals surface area contributed by atoms with E-state index in [9.17, 15) is 4.79 Å². The Bertz CT molecular complexity index is 708. The molecule has 0 spiro atoms. The predicted molar refractivity (Wildman–Crippen MR) is 65.3 cm³/mol. The summed E-state index contributed by atoms with van der Waals surface area (Å²) in [5.74, 6) is -0.859. The molecule has 0 aliphatic rings. The van der Waals surface area contributed by atoms with Crippen molar-refractivity contribution in [3.05, 3.63) is 35.2 Å². The third-order valence-corrected chi connectivity index (χ3v) is 3.90. The minimum absolute atomic E-state index is 0.400. The second-order valence-electron chi connectivity index (χ2n) is 3.71. The van der Waals surface area contributed by atoms with Crippen molar-refractivity contribution in [1.82, 2.24) is 4.57 Å². The predicted octanol–water partition coefficient (Wildman–Crippen LogP) is 3.09. The van der Waals surface area contributed by atoms with Crippen LogP contribution in [0.1, 0.15) is 10.4 Å². The molecule has 0 amide bonds. The van der Waals surface area contributed by atoms with E-state index in [1.165, 1.54) is 11.3 Å². The summed E-state index contributed by atoms with van der Waals surface area (Å²) in [6.07, 6.45) is 0. The summed E-state index contributed by atoms with van der Waals surface area (Å²) < 4.78 is 2.04. The monoisotopic (exact) mass is 231 g/mol. The minimum atomic E-state index is -0.859. The second kappa shape index (κ2) is 3.09. The Morgan fingerprint density at radius 2 is 2.12 bits per heavy atom. The van der Waals surface area contributed by atoms with E-state index < -0.39 is 5.97 Å². The van der Waals surface area contributed by atoms with Gasteiger partial charge in [-0.1, -0.05) is 18.2 Å². The first-order valence-electron chi connectivity index (χ1n) is 4.88. The van der Waals surface area contributed by atoms with Crippen LogP contribution in [0, 0.1) is 0 Å². The quantitative estimate of drug-likeness (QED) is 0.699. The van der Waals surface area contributed by atoms with E-state index in [1.54, 1.807) is 5.38 Å². The lowest BCUT2D eigenvalue weighted by molar-refractivity contribution is 0.0699. The maximum absolute atomic E-state index is 11.1. The molecule has 0 radical (unpaired) electrons. The summed E-state index contributed by atoms with van der Waals surface area (Å²) in [6.45, 7) is 0. The molecular weight excluding hydrogens is 222 g/mol. The van der Waals surface area contributed by atoms with Gasteiger partial charge in [0.1, 0.15) is 4.83 Å². The number of benzene rings is 1. The van der Waals surface area contributed by atoms with Crippen LogP contribution in [0.3, 0.4) is 0 Å². The number of carbonyl (C=O) groups is 1. The molecule has 0 fully saturated rings. The van der Waals surface area contributed by atoms with Crippen LogP contribution in [0.25, 0.3) is 21.1 Å². The average molecular weight is 231 g/mol. The van der Waals surface area contributed by atoms with Crippen molar-refractivity contribution in [1.29, 1.82) is 0 Å². The van der Waals surface area contributed by atoms with Crippen molar-refractivity contribution in [2.24, 2.45) is 7.05 Å². The standard InChI is InChI=1S/C12H9NO2S/c1-13-9-5-3-2-4-7(9)10-8(12(14)15)6-16-11(10)13/h2-6H,1H3,(H,14,15). The molecule has 1 N–H and O–H groups in total. The van der Waals surface area contributed by atoms with Crippen LogP contribution in [-0.2, 0) is 7.05 Å². The lowest BCUT2D eigenvalue weighted by Gasteiger charge is -1.94. The molecular formula is C12H9NO2S. The molecule has 0 unspecified atom stereocenters. The number of aromatic carboxylic acids is 1. The van der Waals surface area contributed by atoms with E-state index in [0.29, 0.717) is 5.56 Å². The zero-order valence-electron chi connectivity index (χ0n) is 8.60. The molecule has 80 valence electrons. The molecule has 1 aromatic carbocycles. The summed E-state index contributed by atoms with van der Waals surface area (Å²) in [7, 11) is 1.97. The van der Waals surface area contributed by atoms with Crippen molar-refractivity contribution >= 4 is 38.4 Å². The number of aryl methyl sites for hydroxylation is 1. The van der Waals surface area contributed by atoms with E-state index >= 15 is 0 Å². The van der Waals surface area contributed by atoms with Gasteiger partial charge < -0.3 is 9.67 Å². The largest absolute Gasteiger partial charge is 0.478 e. The Kier molecular flexibility index (Phi) is 1.82. The van der Waals surface area contributed by atoms with E-state index in [-0.39, 0.29) is 0 Å². The van der Waals surface area contributed by atoms with Crippen LogP contribution >= 0.6 is 11.3 Å². The summed E-state index contributed by atoms with van der Waals surface area (Å²) in [5.41, 5.74) is 1.48. The third-order valence-electron chi connectivity index (χ3n) is 2.84. The molecule has 2 heterocycles.